The van der Waals surface area contributed by atoms with Crippen LogP contribution in [0.3, 0.4) is 0 Å². The molecular weight excluding hydrogens is 400 g/mol. The molecule has 0 bridgehead atoms. The van der Waals surface area contributed by atoms with Crippen molar-refractivity contribution in [2.75, 3.05) is 37.3 Å². The highest BCUT2D eigenvalue weighted by Crippen LogP contribution is 2.34. The largest absolute Gasteiger partial charge is 0.342 e. The van der Waals surface area contributed by atoms with E-state index in [0.29, 0.717) is 36.6 Å². The number of piperidine rings is 2. The third-order valence-corrected chi connectivity index (χ3v) is 8.25. The number of amides is 1. The molecular formula is C22H34N4O3S. The Labute approximate surface area is 180 Å². The zero-order chi connectivity index (χ0) is 21.3. The molecule has 3 heterocycles. The molecule has 2 saturated heterocycles. The summed E-state index contributed by atoms with van der Waals surface area (Å²) in [4.78, 5) is 26.4. The van der Waals surface area contributed by atoms with Crippen molar-refractivity contribution in [2.24, 2.45) is 11.8 Å². The normalized spacial score (nSPS) is 22.6. The van der Waals surface area contributed by atoms with Crippen LogP contribution in [-0.4, -0.2) is 61.6 Å². The number of nitrogens with zero attached hydrogens (tertiary/aromatic N) is 4. The summed E-state index contributed by atoms with van der Waals surface area (Å²) in [7, 11) is -3.41. The van der Waals surface area contributed by atoms with Crippen LogP contribution in [-0.2, 0) is 14.6 Å². The maximum absolute atomic E-state index is 12.8. The Balaban J connectivity index is 1.52. The highest BCUT2D eigenvalue weighted by Gasteiger charge is 2.33. The summed E-state index contributed by atoms with van der Waals surface area (Å²) in [6, 6.07) is 0. The maximum Gasteiger partial charge on any atom is 0.225 e. The first-order valence-corrected chi connectivity index (χ1v) is 13.3. The van der Waals surface area contributed by atoms with Gasteiger partial charge in [0, 0.05) is 44.3 Å². The second-order valence-corrected chi connectivity index (χ2v) is 11.4. The fourth-order valence-electron chi connectivity index (χ4n) is 5.12. The van der Waals surface area contributed by atoms with Gasteiger partial charge >= 0.3 is 0 Å². The van der Waals surface area contributed by atoms with Crippen LogP contribution in [0, 0.1) is 11.8 Å². The molecule has 0 atom stereocenters. The molecule has 4 rings (SSSR count). The zero-order valence-corrected chi connectivity index (χ0v) is 19.0. The molecule has 7 nitrogen and oxygen atoms in total. The lowest BCUT2D eigenvalue weighted by Crippen LogP contribution is -2.41. The number of anilines is 1. The number of carbonyl (C=O) groups excluding carboxylic acids is 1. The van der Waals surface area contributed by atoms with Crippen molar-refractivity contribution in [2.45, 2.75) is 69.1 Å². The van der Waals surface area contributed by atoms with Crippen LogP contribution in [0.1, 0.15) is 69.9 Å². The summed E-state index contributed by atoms with van der Waals surface area (Å²) in [6.07, 6.45) is 10.8. The molecule has 30 heavy (non-hydrogen) atoms. The Morgan fingerprint density at radius 2 is 1.63 bits per heavy atom. The first-order chi connectivity index (χ1) is 14.3. The summed E-state index contributed by atoms with van der Waals surface area (Å²) >= 11 is 0. The number of hydrogen-bond donors (Lipinski definition) is 0. The van der Waals surface area contributed by atoms with Gasteiger partial charge in [-0.1, -0.05) is 19.8 Å². The SMILES string of the molecule is CC1CCN(c2ncc(S(C)(=O)=O)c(C3CCN(C(=O)C4CCCC4)CC3)n2)CC1. The van der Waals surface area contributed by atoms with E-state index in [9.17, 15) is 13.2 Å². The average molecular weight is 435 g/mol. The molecule has 1 aromatic heterocycles. The fraction of sp³-hybridized carbons (Fsp3) is 0.773. The molecule has 0 N–H and O–H groups in total. The van der Waals surface area contributed by atoms with Gasteiger partial charge in [0.05, 0.1) is 11.9 Å². The van der Waals surface area contributed by atoms with Gasteiger partial charge in [-0.2, -0.15) is 0 Å². The van der Waals surface area contributed by atoms with Crippen molar-refractivity contribution in [3.05, 3.63) is 11.9 Å². The number of rotatable bonds is 4. The zero-order valence-electron chi connectivity index (χ0n) is 18.2. The fourth-order valence-corrected chi connectivity index (χ4v) is 5.95. The van der Waals surface area contributed by atoms with Gasteiger partial charge in [0.1, 0.15) is 4.90 Å². The molecule has 3 fully saturated rings. The molecule has 0 spiro atoms. The van der Waals surface area contributed by atoms with Gasteiger partial charge in [0.25, 0.3) is 0 Å². The van der Waals surface area contributed by atoms with Gasteiger partial charge in [-0.05, 0) is 44.4 Å². The highest BCUT2D eigenvalue weighted by atomic mass is 32.2. The minimum Gasteiger partial charge on any atom is -0.342 e. The van der Waals surface area contributed by atoms with E-state index in [1.807, 2.05) is 4.90 Å². The molecule has 1 saturated carbocycles. The number of carbonyl (C=O) groups is 1. The first-order valence-electron chi connectivity index (χ1n) is 11.4. The third kappa shape index (κ3) is 4.63. The van der Waals surface area contributed by atoms with Crippen molar-refractivity contribution in [3.8, 4) is 0 Å². The first kappa shape index (κ1) is 21.5. The predicted molar refractivity (Wildman–Crippen MR) is 116 cm³/mol. The van der Waals surface area contributed by atoms with E-state index >= 15 is 0 Å². The predicted octanol–water partition coefficient (Wildman–Crippen LogP) is 3.01. The molecule has 8 heteroatoms. The molecule has 1 aromatic rings. The summed E-state index contributed by atoms with van der Waals surface area (Å²) in [6.45, 7) is 5.45. The van der Waals surface area contributed by atoms with E-state index in [0.717, 1.165) is 64.5 Å². The number of likely N-dealkylation sites (tertiary alicyclic amines) is 1. The van der Waals surface area contributed by atoms with Crippen molar-refractivity contribution in [3.63, 3.8) is 0 Å². The Hall–Kier alpha value is -1.70. The topological polar surface area (TPSA) is 83.5 Å². The average Bonchev–Trinajstić information content (AvgIpc) is 3.28. The van der Waals surface area contributed by atoms with E-state index in [-0.39, 0.29) is 16.7 Å². The quantitative estimate of drug-likeness (QED) is 0.724. The van der Waals surface area contributed by atoms with Crippen LogP contribution in [0.15, 0.2) is 11.1 Å². The van der Waals surface area contributed by atoms with E-state index < -0.39 is 9.84 Å². The molecule has 2 aliphatic heterocycles. The number of aromatic nitrogens is 2. The van der Waals surface area contributed by atoms with Gasteiger partial charge in [-0.3, -0.25) is 4.79 Å². The Morgan fingerprint density at radius 1 is 1.00 bits per heavy atom. The highest BCUT2D eigenvalue weighted by molar-refractivity contribution is 7.90. The summed E-state index contributed by atoms with van der Waals surface area (Å²) in [5.74, 6) is 1.89. The van der Waals surface area contributed by atoms with Gasteiger partial charge in [-0.25, -0.2) is 18.4 Å². The maximum atomic E-state index is 12.8. The molecule has 166 valence electrons. The van der Waals surface area contributed by atoms with Crippen molar-refractivity contribution in [1.29, 1.82) is 0 Å². The number of hydrogen-bond acceptors (Lipinski definition) is 6. The molecule has 0 aromatic carbocycles. The van der Waals surface area contributed by atoms with Crippen LogP contribution >= 0.6 is 0 Å². The lowest BCUT2D eigenvalue weighted by Gasteiger charge is -2.34. The van der Waals surface area contributed by atoms with E-state index in [1.165, 1.54) is 12.5 Å². The Morgan fingerprint density at radius 3 is 2.23 bits per heavy atom. The lowest BCUT2D eigenvalue weighted by atomic mass is 9.92. The smallest absolute Gasteiger partial charge is 0.225 e. The summed E-state index contributed by atoms with van der Waals surface area (Å²) in [5.41, 5.74) is 0.647. The molecule has 1 amide bonds. The van der Waals surface area contributed by atoms with Crippen LogP contribution in [0.4, 0.5) is 5.95 Å². The second-order valence-electron chi connectivity index (χ2n) is 9.44. The minimum absolute atomic E-state index is 0.0489. The lowest BCUT2D eigenvalue weighted by molar-refractivity contribution is -0.136. The van der Waals surface area contributed by atoms with Gasteiger partial charge in [-0.15, -0.1) is 0 Å². The van der Waals surface area contributed by atoms with Crippen LogP contribution in [0.2, 0.25) is 0 Å². The van der Waals surface area contributed by atoms with Crippen molar-refractivity contribution >= 4 is 21.7 Å². The van der Waals surface area contributed by atoms with E-state index in [4.69, 9.17) is 4.98 Å². The van der Waals surface area contributed by atoms with E-state index in [1.54, 1.807) is 0 Å². The molecule has 1 aliphatic carbocycles. The number of sulfone groups is 1. The van der Waals surface area contributed by atoms with Crippen LogP contribution in [0.5, 0.6) is 0 Å². The monoisotopic (exact) mass is 434 g/mol. The standard InChI is InChI=1S/C22H34N4O3S/c1-16-7-11-26(12-8-16)22-23-15-19(30(2,28)29)20(24-22)17-9-13-25(14-10-17)21(27)18-5-3-4-6-18/h15-18H,3-14H2,1-2H3. The van der Waals surface area contributed by atoms with Gasteiger partial charge in [0.2, 0.25) is 11.9 Å². The van der Waals surface area contributed by atoms with Gasteiger partial charge < -0.3 is 9.80 Å². The molecule has 0 radical (unpaired) electrons. The Bertz CT molecular complexity index is 866. The minimum atomic E-state index is -3.41. The van der Waals surface area contributed by atoms with E-state index in [2.05, 4.69) is 16.8 Å². The summed E-state index contributed by atoms with van der Waals surface area (Å²) in [5, 5.41) is 0. The molecule has 0 unspecified atom stereocenters. The van der Waals surface area contributed by atoms with Crippen molar-refractivity contribution in [1.82, 2.24) is 14.9 Å². The third-order valence-electron chi connectivity index (χ3n) is 7.13. The second kappa shape index (κ2) is 8.81. The molecule has 3 aliphatic rings. The Kier molecular flexibility index (Phi) is 6.32. The summed E-state index contributed by atoms with van der Waals surface area (Å²) < 4.78 is 24.8. The van der Waals surface area contributed by atoms with Gasteiger partial charge in [0.15, 0.2) is 9.84 Å². The van der Waals surface area contributed by atoms with Crippen LogP contribution < -0.4 is 4.90 Å². The van der Waals surface area contributed by atoms with Crippen LogP contribution in [0.25, 0.3) is 0 Å². The van der Waals surface area contributed by atoms with Crippen molar-refractivity contribution < 1.29 is 13.2 Å².